The molecule has 0 radical (unpaired) electrons. The molecule has 7 heteroatoms. The lowest BCUT2D eigenvalue weighted by atomic mass is 9.78. The van der Waals surface area contributed by atoms with Gasteiger partial charge in [-0.25, -0.2) is 9.18 Å². The van der Waals surface area contributed by atoms with Crippen LogP contribution in [0.2, 0.25) is 0 Å². The van der Waals surface area contributed by atoms with Crippen LogP contribution in [0.15, 0.2) is 78.9 Å². The molecule has 0 spiro atoms. The van der Waals surface area contributed by atoms with Gasteiger partial charge >= 0.3 is 13.2 Å². The second-order valence-electron chi connectivity index (χ2n) is 11.0. The summed E-state index contributed by atoms with van der Waals surface area (Å²) in [6.45, 7) is 8.37. The van der Waals surface area contributed by atoms with E-state index in [1.807, 2.05) is 94.4 Å². The molecule has 3 aromatic carbocycles. The maximum absolute atomic E-state index is 15.7. The molecular weight excluding hydrogens is 468 g/mol. The summed E-state index contributed by atoms with van der Waals surface area (Å²) in [5.41, 5.74) is 1.18. The van der Waals surface area contributed by atoms with Gasteiger partial charge in [-0.1, -0.05) is 72.8 Å². The van der Waals surface area contributed by atoms with Crippen molar-refractivity contribution in [1.29, 1.82) is 0 Å². The number of halogens is 1. The fourth-order valence-corrected chi connectivity index (χ4v) is 4.79. The highest BCUT2D eigenvalue weighted by Gasteiger charge is 2.55. The Hall–Kier alpha value is -3.16. The second-order valence-corrected chi connectivity index (χ2v) is 11.0. The zero-order valence-electron chi connectivity index (χ0n) is 21.9. The summed E-state index contributed by atoms with van der Waals surface area (Å²) in [6.07, 6.45) is 0.861. The molecule has 5 nitrogen and oxygen atoms in total. The van der Waals surface area contributed by atoms with Crippen LogP contribution in [0.5, 0.6) is 0 Å². The van der Waals surface area contributed by atoms with E-state index in [9.17, 15) is 4.79 Å². The lowest BCUT2D eigenvalue weighted by Gasteiger charge is -2.32. The van der Waals surface area contributed by atoms with Crippen molar-refractivity contribution in [1.82, 2.24) is 4.90 Å². The largest absolute Gasteiger partial charge is 0.494 e. The maximum Gasteiger partial charge on any atom is 0.494 e. The lowest BCUT2D eigenvalue weighted by molar-refractivity contribution is 0.00578. The number of rotatable bonds is 7. The van der Waals surface area contributed by atoms with Crippen molar-refractivity contribution in [3.63, 3.8) is 0 Å². The molecule has 1 heterocycles. The second kappa shape index (κ2) is 9.62. The van der Waals surface area contributed by atoms with Crippen molar-refractivity contribution in [2.75, 3.05) is 0 Å². The molecule has 1 saturated carbocycles. The van der Waals surface area contributed by atoms with Crippen molar-refractivity contribution in [2.24, 2.45) is 0 Å². The van der Waals surface area contributed by atoms with Gasteiger partial charge in [0.15, 0.2) is 0 Å². The summed E-state index contributed by atoms with van der Waals surface area (Å²) < 4.78 is 33.7. The number of hydrogen-bond donors (Lipinski definition) is 0. The van der Waals surface area contributed by atoms with Gasteiger partial charge in [-0.05, 0) is 63.2 Å². The topological polar surface area (TPSA) is 48.0 Å². The molecule has 37 heavy (non-hydrogen) atoms. The average Bonchev–Trinajstić information content (AvgIpc) is 3.63. The smallest absolute Gasteiger partial charge is 0.445 e. The van der Waals surface area contributed by atoms with Crippen LogP contribution >= 0.6 is 0 Å². The van der Waals surface area contributed by atoms with Crippen molar-refractivity contribution in [3.05, 3.63) is 101 Å². The van der Waals surface area contributed by atoms with Gasteiger partial charge in [0, 0.05) is 12.1 Å². The van der Waals surface area contributed by atoms with Crippen molar-refractivity contribution in [3.8, 4) is 0 Å². The minimum Gasteiger partial charge on any atom is -0.445 e. The molecule has 0 bridgehead atoms. The van der Waals surface area contributed by atoms with Gasteiger partial charge in [-0.2, -0.15) is 0 Å². The molecule has 0 aromatic heterocycles. The lowest BCUT2D eigenvalue weighted by Crippen LogP contribution is -2.41. The predicted octanol–water partition coefficient (Wildman–Crippen LogP) is 5.95. The first-order valence-electron chi connectivity index (χ1n) is 12.8. The molecule has 1 aliphatic heterocycles. The Morgan fingerprint density at radius 3 is 2.00 bits per heavy atom. The van der Waals surface area contributed by atoms with E-state index in [-0.39, 0.29) is 12.4 Å². The molecule has 2 fully saturated rings. The van der Waals surface area contributed by atoms with Crippen LogP contribution < -0.4 is 5.46 Å². The molecule has 3 aromatic rings. The van der Waals surface area contributed by atoms with Gasteiger partial charge in [0.1, 0.15) is 12.4 Å². The first kappa shape index (κ1) is 25.5. The molecule has 0 N–H and O–H groups in total. The average molecular weight is 501 g/mol. The van der Waals surface area contributed by atoms with Gasteiger partial charge in [-0.15, -0.1) is 0 Å². The van der Waals surface area contributed by atoms with E-state index in [0.717, 1.165) is 11.1 Å². The molecule has 0 unspecified atom stereocenters. The Morgan fingerprint density at radius 1 is 0.892 bits per heavy atom. The van der Waals surface area contributed by atoms with E-state index in [4.69, 9.17) is 14.0 Å². The first-order valence-corrected chi connectivity index (χ1v) is 12.8. The number of hydrogen-bond acceptors (Lipinski definition) is 4. The van der Waals surface area contributed by atoms with Crippen molar-refractivity contribution >= 4 is 18.7 Å². The Labute approximate surface area is 218 Å². The Balaban J connectivity index is 1.41. The molecule has 2 aliphatic rings. The van der Waals surface area contributed by atoms with Gasteiger partial charge < -0.3 is 14.0 Å². The highest BCUT2D eigenvalue weighted by atomic mass is 19.1. The van der Waals surface area contributed by atoms with E-state index in [2.05, 4.69) is 0 Å². The van der Waals surface area contributed by atoms with E-state index in [1.54, 1.807) is 11.0 Å². The summed E-state index contributed by atoms with van der Waals surface area (Å²) in [6, 6.07) is 24.4. The minimum atomic E-state index is -0.762. The standard InChI is InChI=1S/C30H33BFNO4/c1-28(2)29(3,4)37-31(36-28)24-15-16-25(26(32)19-24)30(17-18-30)33(20-22-11-7-5-8-12-22)27(34)35-21-23-13-9-6-10-14-23/h5-16,19H,17-18,20-21H2,1-4H3. The minimum absolute atomic E-state index is 0.157. The SMILES string of the molecule is CC1(C)OB(c2ccc(C3(N(Cc4ccccc4)C(=O)OCc4ccccc4)CC3)c(F)c2)OC1(C)C. The fraction of sp³-hybridized carbons (Fsp3) is 0.367. The van der Waals surface area contributed by atoms with Crippen LogP contribution in [0.1, 0.15) is 57.2 Å². The van der Waals surface area contributed by atoms with Crippen LogP contribution in [0, 0.1) is 5.82 Å². The number of carbonyl (C=O) groups excluding carboxylic acids is 1. The third kappa shape index (κ3) is 5.03. The summed E-state index contributed by atoms with van der Waals surface area (Å²) in [7, 11) is -0.653. The first-order chi connectivity index (χ1) is 17.6. The summed E-state index contributed by atoms with van der Waals surface area (Å²) in [5.74, 6) is -0.376. The van der Waals surface area contributed by atoms with Crippen LogP contribution in [0.3, 0.4) is 0 Å². The van der Waals surface area contributed by atoms with Crippen LogP contribution in [0.25, 0.3) is 0 Å². The van der Waals surface area contributed by atoms with Gasteiger partial charge in [0.2, 0.25) is 0 Å². The van der Waals surface area contributed by atoms with Gasteiger partial charge in [0.05, 0.1) is 16.7 Å². The third-order valence-electron chi connectivity index (χ3n) is 7.87. The zero-order valence-corrected chi connectivity index (χ0v) is 21.9. The fourth-order valence-electron chi connectivity index (χ4n) is 4.79. The molecule has 192 valence electrons. The zero-order chi connectivity index (χ0) is 26.3. The van der Waals surface area contributed by atoms with Crippen LogP contribution in [-0.2, 0) is 32.7 Å². The Bertz CT molecular complexity index is 1250. The van der Waals surface area contributed by atoms with Crippen molar-refractivity contribution in [2.45, 2.75) is 70.4 Å². The number of carbonyl (C=O) groups is 1. The summed E-state index contributed by atoms with van der Waals surface area (Å²) in [5, 5.41) is 0. The van der Waals surface area contributed by atoms with E-state index >= 15 is 4.39 Å². The van der Waals surface area contributed by atoms with E-state index in [0.29, 0.717) is 30.4 Å². The van der Waals surface area contributed by atoms with Gasteiger partial charge in [0.25, 0.3) is 0 Å². The van der Waals surface area contributed by atoms with Crippen LogP contribution in [0.4, 0.5) is 9.18 Å². The van der Waals surface area contributed by atoms with E-state index in [1.165, 1.54) is 6.07 Å². The van der Waals surface area contributed by atoms with Crippen LogP contribution in [-0.4, -0.2) is 29.3 Å². The molecule has 0 atom stereocenters. The summed E-state index contributed by atoms with van der Waals surface area (Å²) >= 11 is 0. The molecule has 5 rings (SSSR count). The molecule has 1 amide bonds. The maximum atomic E-state index is 15.7. The number of ether oxygens (including phenoxy) is 1. The molecule has 1 saturated heterocycles. The van der Waals surface area contributed by atoms with Crippen molar-refractivity contribution < 1.29 is 23.2 Å². The predicted molar refractivity (Wildman–Crippen MR) is 142 cm³/mol. The normalized spacial score (nSPS) is 18.9. The molecular formula is C30H33BFNO4. The number of nitrogens with zero attached hydrogens (tertiary/aromatic N) is 1. The summed E-state index contributed by atoms with van der Waals surface area (Å²) in [4.78, 5) is 15.1. The third-order valence-corrected chi connectivity index (χ3v) is 7.87. The highest BCUT2D eigenvalue weighted by molar-refractivity contribution is 6.62. The Kier molecular flexibility index (Phi) is 6.63. The Morgan fingerprint density at radius 2 is 1.46 bits per heavy atom. The van der Waals surface area contributed by atoms with E-state index < -0.39 is 30.0 Å². The number of benzene rings is 3. The quantitative estimate of drug-likeness (QED) is 0.376. The molecule has 1 aliphatic carbocycles. The highest BCUT2D eigenvalue weighted by Crippen LogP contribution is 2.52. The number of amides is 1. The monoisotopic (exact) mass is 501 g/mol. The van der Waals surface area contributed by atoms with Gasteiger partial charge in [-0.3, -0.25) is 4.90 Å².